The van der Waals surface area contributed by atoms with Gasteiger partial charge in [-0.05, 0) is 23.4 Å². The zero-order chi connectivity index (χ0) is 11.9. The Morgan fingerprint density at radius 2 is 1.69 bits per heavy atom. The van der Waals surface area contributed by atoms with Crippen LogP contribution < -0.4 is 5.19 Å². The Morgan fingerprint density at radius 3 is 2.31 bits per heavy atom. The highest BCUT2D eigenvalue weighted by Crippen LogP contribution is 2.16. The zero-order valence-electron chi connectivity index (χ0n) is 9.57. The molecule has 0 radical (unpaired) electrons. The van der Waals surface area contributed by atoms with E-state index in [1.54, 1.807) is 6.20 Å². The van der Waals surface area contributed by atoms with Gasteiger partial charge in [0.1, 0.15) is 5.69 Å². The summed E-state index contributed by atoms with van der Waals surface area (Å²) in [5.74, 6) is -0.269. The Labute approximate surface area is 95.2 Å². The molecular formula is C12H13NO2Si. The van der Waals surface area contributed by atoms with E-state index < -0.39 is 8.07 Å². The fourth-order valence-electron chi connectivity index (χ4n) is 1.84. The zero-order valence-corrected chi connectivity index (χ0v) is 10.6. The fourth-order valence-corrected chi connectivity index (χ4v) is 3.40. The molecule has 0 atom stereocenters. The highest BCUT2D eigenvalue weighted by Gasteiger charge is 2.29. The van der Waals surface area contributed by atoms with Crippen LogP contribution in [0.15, 0.2) is 24.4 Å². The Balaban J connectivity index is 2.74. The molecule has 2 rings (SSSR count). The lowest BCUT2D eigenvalue weighted by molar-refractivity contribution is 0.0991. The third-order valence-electron chi connectivity index (χ3n) is 2.62. The van der Waals surface area contributed by atoms with Crippen LogP contribution in [0.2, 0.25) is 19.6 Å². The summed E-state index contributed by atoms with van der Waals surface area (Å²) in [6, 6.07) is 1.87. The van der Waals surface area contributed by atoms with E-state index in [0.29, 0.717) is 11.3 Å². The van der Waals surface area contributed by atoms with Crippen LogP contribution in [-0.4, -0.2) is 24.6 Å². The smallest absolute Gasteiger partial charge is 0.205 e. The number of rotatable bonds is 1. The van der Waals surface area contributed by atoms with Crippen molar-refractivity contribution >= 4 is 24.8 Å². The van der Waals surface area contributed by atoms with Crippen molar-refractivity contribution in [2.45, 2.75) is 19.6 Å². The summed E-state index contributed by atoms with van der Waals surface area (Å²) in [4.78, 5) is 27.5. The number of nitrogens with zero attached hydrogens (tertiary/aromatic N) is 1. The van der Waals surface area contributed by atoms with Crippen molar-refractivity contribution < 1.29 is 9.59 Å². The number of allylic oxidation sites excluding steroid dienone is 2. The monoisotopic (exact) mass is 231 g/mol. The number of pyridine rings is 1. The maximum Gasteiger partial charge on any atom is 0.205 e. The number of carbonyl (C=O) groups excluding carboxylic acids is 2. The molecule has 0 bridgehead atoms. The number of hydrogen-bond acceptors (Lipinski definition) is 3. The first-order valence-corrected chi connectivity index (χ1v) is 8.67. The van der Waals surface area contributed by atoms with Gasteiger partial charge < -0.3 is 0 Å². The number of hydrogen-bond donors (Lipinski definition) is 0. The van der Waals surface area contributed by atoms with Gasteiger partial charge in [0.25, 0.3) is 0 Å². The van der Waals surface area contributed by atoms with Gasteiger partial charge in [-0.25, -0.2) is 0 Å². The quantitative estimate of drug-likeness (QED) is 0.689. The summed E-state index contributed by atoms with van der Waals surface area (Å²) in [5, 5.41) is 1.01. The van der Waals surface area contributed by atoms with E-state index in [1.807, 2.05) is 6.07 Å². The summed E-state index contributed by atoms with van der Waals surface area (Å²) < 4.78 is 0. The molecule has 1 heterocycles. The van der Waals surface area contributed by atoms with Gasteiger partial charge >= 0.3 is 0 Å². The first-order chi connectivity index (χ1) is 7.41. The Morgan fingerprint density at radius 1 is 1.06 bits per heavy atom. The van der Waals surface area contributed by atoms with Crippen LogP contribution in [0.5, 0.6) is 0 Å². The van der Waals surface area contributed by atoms with Crippen LogP contribution in [-0.2, 0) is 0 Å². The first-order valence-electron chi connectivity index (χ1n) is 5.17. The predicted molar refractivity (Wildman–Crippen MR) is 65.0 cm³/mol. The Kier molecular flexibility index (Phi) is 2.39. The van der Waals surface area contributed by atoms with Gasteiger partial charge in [0.05, 0.1) is 13.6 Å². The molecule has 0 aliphatic heterocycles. The van der Waals surface area contributed by atoms with Crippen molar-refractivity contribution in [2.24, 2.45) is 0 Å². The Hall–Kier alpha value is -1.55. The van der Waals surface area contributed by atoms with Crippen molar-refractivity contribution in [3.8, 4) is 0 Å². The molecule has 0 spiro atoms. The summed E-state index contributed by atoms with van der Waals surface area (Å²) in [6.07, 6.45) is 4.26. The van der Waals surface area contributed by atoms with E-state index in [2.05, 4.69) is 24.6 Å². The molecule has 3 nitrogen and oxygen atoms in total. The summed E-state index contributed by atoms with van der Waals surface area (Å²) >= 11 is 0. The summed E-state index contributed by atoms with van der Waals surface area (Å²) in [6.45, 7) is 6.45. The van der Waals surface area contributed by atoms with Crippen LogP contribution in [0, 0.1) is 0 Å². The largest absolute Gasteiger partial charge is 0.289 e. The van der Waals surface area contributed by atoms with Crippen LogP contribution in [0.1, 0.15) is 20.8 Å². The van der Waals surface area contributed by atoms with Crippen LogP contribution >= 0.6 is 0 Å². The highest BCUT2D eigenvalue weighted by molar-refractivity contribution is 6.89. The van der Waals surface area contributed by atoms with Gasteiger partial charge in [-0.3, -0.25) is 14.6 Å². The van der Waals surface area contributed by atoms with Crippen molar-refractivity contribution in [3.05, 3.63) is 35.7 Å². The minimum atomic E-state index is -1.63. The van der Waals surface area contributed by atoms with Crippen molar-refractivity contribution in [3.63, 3.8) is 0 Å². The molecule has 0 fully saturated rings. The van der Waals surface area contributed by atoms with Gasteiger partial charge in [-0.2, -0.15) is 0 Å². The topological polar surface area (TPSA) is 47.0 Å². The van der Waals surface area contributed by atoms with Gasteiger partial charge in [0.15, 0.2) is 5.78 Å². The summed E-state index contributed by atoms with van der Waals surface area (Å²) in [7, 11) is -1.63. The number of ketones is 2. The van der Waals surface area contributed by atoms with E-state index in [9.17, 15) is 9.59 Å². The lowest BCUT2D eigenvalue weighted by Crippen LogP contribution is -2.43. The molecule has 0 N–H and O–H groups in total. The van der Waals surface area contributed by atoms with E-state index in [1.165, 1.54) is 12.2 Å². The number of aromatic nitrogens is 1. The fraction of sp³-hybridized carbons (Fsp3) is 0.250. The molecule has 1 aromatic heterocycles. The molecule has 0 aromatic carbocycles. The third-order valence-corrected chi connectivity index (χ3v) is 4.66. The maximum atomic E-state index is 11.8. The van der Waals surface area contributed by atoms with Crippen LogP contribution in [0.25, 0.3) is 0 Å². The molecule has 0 unspecified atom stereocenters. The second-order valence-corrected chi connectivity index (χ2v) is 9.93. The first kappa shape index (κ1) is 10.9. The van der Waals surface area contributed by atoms with Gasteiger partial charge in [0.2, 0.25) is 5.78 Å². The van der Waals surface area contributed by atoms with Crippen LogP contribution in [0.4, 0.5) is 0 Å². The Bertz CT molecular complexity index is 512. The second-order valence-electron chi connectivity index (χ2n) is 4.89. The van der Waals surface area contributed by atoms with E-state index in [0.717, 1.165) is 5.19 Å². The van der Waals surface area contributed by atoms with Crippen molar-refractivity contribution in [1.29, 1.82) is 0 Å². The standard InChI is InChI=1S/C12H13NO2Si/c1-16(2,3)10-6-7-13-12-9(15)5-4-8(14)11(10)12/h4-7H,1-3H3. The minimum Gasteiger partial charge on any atom is -0.289 e. The molecule has 0 saturated heterocycles. The second kappa shape index (κ2) is 3.49. The molecular weight excluding hydrogens is 218 g/mol. The van der Waals surface area contributed by atoms with Crippen molar-refractivity contribution in [2.75, 3.05) is 0 Å². The number of carbonyl (C=O) groups is 2. The van der Waals surface area contributed by atoms with Gasteiger partial charge in [-0.1, -0.05) is 19.6 Å². The molecule has 1 aliphatic carbocycles. The lowest BCUT2D eigenvalue weighted by Gasteiger charge is -2.22. The predicted octanol–water partition coefficient (Wildman–Crippen LogP) is 1.56. The average molecular weight is 231 g/mol. The minimum absolute atomic E-state index is 0.0971. The molecule has 0 saturated carbocycles. The van der Waals surface area contributed by atoms with E-state index >= 15 is 0 Å². The van der Waals surface area contributed by atoms with Crippen LogP contribution in [0.3, 0.4) is 0 Å². The molecule has 1 aliphatic rings. The van der Waals surface area contributed by atoms with E-state index in [4.69, 9.17) is 0 Å². The lowest BCUT2D eigenvalue weighted by atomic mass is 10.0. The van der Waals surface area contributed by atoms with Gasteiger partial charge in [-0.15, -0.1) is 0 Å². The molecule has 82 valence electrons. The van der Waals surface area contributed by atoms with Gasteiger partial charge in [0, 0.05) is 6.20 Å². The van der Waals surface area contributed by atoms with Crippen molar-refractivity contribution in [1.82, 2.24) is 4.98 Å². The van der Waals surface area contributed by atoms with E-state index in [-0.39, 0.29) is 11.6 Å². The summed E-state index contributed by atoms with van der Waals surface area (Å²) in [5.41, 5.74) is 0.835. The molecule has 4 heteroatoms. The molecule has 0 amide bonds. The molecule has 1 aromatic rings. The number of fused-ring (bicyclic) bond motifs is 1. The normalized spacial score (nSPS) is 15.2. The highest BCUT2D eigenvalue weighted by atomic mass is 28.3. The average Bonchev–Trinajstić information content (AvgIpc) is 2.22. The SMILES string of the molecule is C[Si](C)(C)c1ccnc2c1C(=O)C=CC2=O. The third kappa shape index (κ3) is 1.65. The maximum absolute atomic E-state index is 11.8. The molecule has 16 heavy (non-hydrogen) atoms.